The highest BCUT2D eigenvalue weighted by Gasteiger charge is 2.30. The first-order valence-corrected chi connectivity index (χ1v) is 12.4. The van der Waals surface area contributed by atoms with E-state index >= 15 is 0 Å². The number of ether oxygens (including phenoxy) is 3. The number of halogens is 3. The van der Waals surface area contributed by atoms with Crippen LogP contribution in [0.15, 0.2) is 65.4 Å². The Morgan fingerprint density at radius 2 is 1.70 bits per heavy atom. The Balaban J connectivity index is 1.16. The molecule has 0 unspecified atom stereocenters. The van der Waals surface area contributed by atoms with Crippen molar-refractivity contribution in [1.29, 1.82) is 0 Å². The Hall–Kier alpha value is -4.61. The maximum absolute atomic E-state index is 12.3. The molecule has 0 spiro atoms. The third kappa shape index (κ3) is 9.29. The Morgan fingerprint density at radius 1 is 0.975 bits per heavy atom. The van der Waals surface area contributed by atoms with Crippen LogP contribution >= 0.6 is 0 Å². The van der Waals surface area contributed by atoms with E-state index in [1.165, 1.54) is 47.9 Å². The van der Waals surface area contributed by atoms with E-state index in [1.807, 2.05) is 24.3 Å². The molecule has 2 heterocycles. The molecule has 0 saturated carbocycles. The largest absolute Gasteiger partial charge is 0.573 e. The molecule has 0 saturated heterocycles. The number of hydrogen-bond donors (Lipinski definition) is 0. The van der Waals surface area contributed by atoms with Crippen molar-refractivity contribution in [2.75, 3.05) is 7.11 Å². The standard InChI is InChI=1S/C28H27F3N4O5/c1-37-27(36)17-35-16-22(33-34-35)5-3-2-4-20-6-11-24(12-7-20)38-18-23-19-39-26(32-23)15-10-21-8-13-25(14-9-21)40-28(29,30)31/h6-16,19H,2-5,17-18H2,1H3/b15-10+. The maximum Gasteiger partial charge on any atom is 0.573 e. The molecule has 2 aromatic carbocycles. The molecule has 4 aromatic rings. The molecule has 2 aromatic heterocycles. The summed E-state index contributed by atoms with van der Waals surface area (Å²) in [6.45, 7) is 0.272. The van der Waals surface area contributed by atoms with Gasteiger partial charge in [-0.3, -0.25) is 4.79 Å². The molecule has 0 amide bonds. The monoisotopic (exact) mass is 556 g/mol. The summed E-state index contributed by atoms with van der Waals surface area (Å²) in [7, 11) is 1.34. The van der Waals surface area contributed by atoms with E-state index in [4.69, 9.17) is 9.15 Å². The molecule has 9 nitrogen and oxygen atoms in total. The summed E-state index contributed by atoms with van der Waals surface area (Å²) in [6, 6.07) is 13.3. The molecule has 0 fully saturated rings. The van der Waals surface area contributed by atoms with Gasteiger partial charge in [-0.2, -0.15) is 0 Å². The fourth-order valence-electron chi connectivity index (χ4n) is 3.69. The molecule has 0 aliphatic rings. The molecule has 0 atom stereocenters. The van der Waals surface area contributed by atoms with Crippen LogP contribution in [0.5, 0.6) is 11.5 Å². The number of nitrogens with zero attached hydrogens (tertiary/aromatic N) is 4. The predicted molar refractivity (Wildman–Crippen MR) is 138 cm³/mol. The predicted octanol–water partition coefficient (Wildman–Crippen LogP) is 5.65. The molecule has 210 valence electrons. The molecule has 40 heavy (non-hydrogen) atoms. The SMILES string of the molecule is COC(=O)Cn1cc(CCCCc2ccc(OCc3coc(/C=C/c4ccc(OC(F)(F)F)cc4)n3)cc2)nn1. The van der Waals surface area contributed by atoms with Crippen LogP contribution in [0.3, 0.4) is 0 Å². The summed E-state index contributed by atoms with van der Waals surface area (Å²) in [5, 5.41) is 8.01. The zero-order valence-corrected chi connectivity index (χ0v) is 21.6. The van der Waals surface area contributed by atoms with Gasteiger partial charge in [-0.1, -0.05) is 29.5 Å². The lowest BCUT2D eigenvalue weighted by molar-refractivity contribution is -0.274. The van der Waals surface area contributed by atoms with Crippen LogP contribution in [0.25, 0.3) is 12.2 Å². The lowest BCUT2D eigenvalue weighted by atomic mass is 10.1. The average molecular weight is 557 g/mol. The first-order chi connectivity index (χ1) is 19.3. The van der Waals surface area contributed by atoms with Crippen LogP contribution in [-0.2, 0) is 35.5 Å². The molecular weight excluding hydrogens is 529 g/mol. The van der Waals surface area contributed by atoms with Crippen molar-refractivity contribution in [3.63, 3.8) is 0 Å². The van der Waals surface area contributed by atoms with Crippen LogP contribution in [0.1, 0.15) is 41.2 Å². The second kappa shape index (κ2) is 13.5. The summed E-state index contributed by atoms with van der Waals surface area (Å²) in [5.74, 6) is 0.392. The van der Waals surface area contributed by atoms with Gasteiger partial charge in [0.2, 0.25) is 5.89 Å². The van der Waals surface area contributed by atoms with Crippen molar-refractivity contribution in [2.45, 2.75) is 45.2 Å². The van der Waals surface area contributed by atoms with Crippen LogP contribution in [0.2, 0.25) is 0 Å². The number of oxazole rings is 1. The van der Waals surface area contributed by atoms with Crippen molar-refractivity contribution in [1.82, 2.24) is 20.0 Å². The number of esters is 1. The quantitative estimate of drug-likeness (QED) is 0.154. The van der Waals surface area contributed by atoms with Gasteiger partial charge in [0.05, 0.1) is 12.8 Å². The van der Waals surface area contributed by atoms with E-state index in [2.05, 4.69) is 24.8 Å². The Kier molecular flexibility index (Phi) is 9.55. The molecule has 0 radical (unpaired) electrons. The Morgan fingerprint density at radius 3 is 2.42 bits per heavy atom. The number of aromatic nitrogens is 4. The van der Waals surface area contributed by atoms with Crippen molar-refractivity contribution in [3.05, 3.63) is 89.4 Å². The van der Waals surface area contributed by atoms with Crippen LogP contribution in [0.4, 0.5) is 13.2 Å². The van der Waals surface area contributed by atoms with E-state index in [1.54, 1.807) is 18.3 Å². The van der Waals surface area contributed by atoms with Crippen LogP contribution in [0, 0.1) is 0 Å². The topological polar surface area (TPSA) is 102 Å². The highest BCUT2D eigenvalue weighted by molar-refractivity contribution is 5.68. The molecule has 0 aliphatic carbocycles. The minimum Gasteiger partial charge on any atom is -0.487 e. The number of methoxy groups -OCH3 is 1. The summed E-state index contributed by atoms with van der Waals surface area (Å²) < 4.78 is 57.9. The zero-order chi connectivity index (χ0) is 28.4. The number of alkyl halides is 3. The van der Waals surface area contributed by atoms with E-state index in [9.17, 15) is 18.0 Å². The molecule has 12 heteroatoms. The van der Waals surface area contributed by atoms with Gasteiger partial charge >= 0.3 is 12.3 Å². The molecule has 0 N–H and O–H groups in total. The van der Waals surface area contributed by atoms with E-state index in [0.29, 0.717) is 22.9 Å². The fourth-order valence-corrected chi connectivity index (χ4v) is 3.69. The third-order valence-electron chi connectivity index (χ3n) is 5.66. The zero-order valence-electron chi connectivity index (χ0n) is 21.6. The van der Waals surface area contributed by atoms with Gasteiger partial charge in [0, 0.05) is 12.3 Å². The lowest BCUT2D eigenvalue weighted by Gasteiger charge is -2.08. The number of aryl methyl sites for hydroxylation is 2. The summed E-state index contributed by atoms with van der Waals surface area (Å²) in [4.78, 5) is 15.6. The number of carbonyl (C=O) groups excluding carboxylic acids is 1. The normalized spacial score (nSPS) is 11.6. The highest BCUT2D eigenvalue weighted by Crippen LogP contribution is 2.23. The number of rotatable bonds is 13. The van der Waals surface area contributed by atoms with Crippen molar-refractivity contribution in [2.24, 2.45) is 0 Å². The summed E-state index contributed by atoms with van der Waals surface area (Å²) in [6.07, 6.45) is 5.41. The van der Waals surface area contributed by atoms with Gasteiger partial charge in [-0.15, -0.1) is 18.3 Å². The minimum absolute atomic E-state index is 0.0531. The molecular formula is C28H27F3N4O5. The van der Waals surface area contributed by atoms with Gasteiger partial charge in [-0.05, 0) is 67.2 Å². The van der Waals surface area contributed by atoms with E-state index < -0.39 is 6.36 Å². The van der Waals surface area contributed by atoms with Crippen molar-refractivity contribution < 1.29 is 36.6 Å². The lowest BCUT2D eigenvalue weighted by Crippen LogP contribution is -2.16. The number of hydrogen-bond acceptors (Lipinski definition) is 8. The fraction of sp³-hybridized carbons (Fsp3) is 0.286. The first kappa shape index (κ1) is 28.4. The number of unbranched alkanes of at least 4 members (excludes halogenated alkanes) is 1. The molecule has 0 bridgehead atoms. The Labute approximate surface area is 228 Å². The smallest absolute Gasteiger partial charge is 0.487 e. The minimum atomic E-state index is -4.73. The van der Waals surface area contributed by atoms with Crippen LogP contribution < -0.4 is 9.47 Å². The molecule has 4 rings (SSSR count). The van der Waals surface area contributed by atoms with Gasteiger partial charge in [0.15, 0.2) is 0 Å². The highest BCUT2D eigenvalue weighted by atomic mass is 19.4. The van der Waals surface area contributed by atoms with E-state index in [-0.39, 0.29) is 24.9 Å². The van der Waals surface area contributed by atoms with Gasteiger partial charge < -0.3 is 18.6 Å². The summed E-state index contributed by atoms with van der Waals surface area (Å²) >= 11 is 0. The van der Waals surface area contributed by atoms with Crippen LogP contribution in [-0.4, -0.2) is 39.4 Å². The third-order valence-corrected chi connectivity index (χ3v) is 5.66. The van der Waals surface area contributed by atoms with Gasteiger partial charge in [0.25, 0.3) is 0 Å². The second-order valence-corrected chi connectivity index (χ2v) is 8.75. The summed E-state index contributed by atoms with van der Waals surface area (Å²) in [5.41, 5.74) is 3.29. The van der Waals surface area contributed by atoms with Gasteiger partial charge in [0.1, 0.15) is 36.6 Å². The Bertz CT molecular complexity index is 1400. The first-order valence-electron chi connectivity index (χ1n) is 12.4. The van der Waals surface area contributed by atoms with Crippen molar-refractivity contribution in [3.8, 4) is 11.5 Å². The van der Waals surface area contributed by atoms with E-state index in [0.717, 1.165) is 31.4 Å². The average Bonchev–Trinajstić information content (AvgIpc) is 3.58. The maximum atomic E-state index is 12.3. The van der Waals surface area contributed by atoms with Gasteiger partial charge in [-0.25, -0.2) is 9.67 Å². The van der Waals surface area contributed by atoms with Crippen molar-refractivity contribution >= 4 is 18.1 Å². The second-order valence-electron chi connectivity index (χ2n) is 8.75. The number of carbonyl (C=O) groups is 1. The molecule has 0 aliphatic heterocycles. The number of benzene rings is 2.